The summed E-state index contributed by atoms with van der Waals surface area (Å²) in [6.45, 7) is 4.50. The summed E-state index contributed by atoms with van der Waals surface area (Å²) in [6.07, 6.45) is 2.16. The summed E-state index contributed by atoms with van der Waals surface area (Å²) < 4.78 is 7.74. The van der Waals surface area contributed by atoms with E-state index in [-0.39, 0.29) is 23.6 Å². The van der Waals surface area contributed by atoms with E-state index in [1.807, 2.05) is 38.1 Å². The predicted octanol–water partition coefficient (Wildman–Crippen LogP) is 3.50. The number of thiophene rings is 1. The van der Waals surface area contributed by atoms with Crippen LogP contribution < -0.4 is 10.9 Å². The zero-order valence-electron chi connectivity index (χ0n) is 16.6. The molecular weight excluding hydrogens is 400 g/mol. The first-order valence-electron chi connectivity index (χ1n) is 9.69. The van der Waals surface area contributed by atoms with Crippen LogP contribution in [0.15, 0.2) is 47.5 Å². The molecule has 1 aromatic carbocycles. The molecule has 7 nitrogen and oxygen atoms in total. The van der Waals surface area contributed by atoms with E-state index < -0.39 is 0 Å². The number of carbonyl (C=O) groups excluding carboxylic acids is 1. The Morgan fingerprint density at radius 1 is 1.30 bits per heavy atom. The van der Waals surface area contributed by atoms with Gasteiger partial charge in [0.1, 0.15) is 16.1 Å². The third kappa shape index (κ3) is 3.38. The van der Waals surface area contributed by atoms with Crippen LogP contribution in [0, 0.1) is 0 Å². The van der Waals surface area contributed by atoms with Gasteiger partial charge in [-0.3, -0.25) is 14.2 Å². The van der Waals surface area contributed by atoms with Crippen LogP contribution in [0.2, 0.25) is 0 Å². The molecule has 3 aromatic heterocycles. The van der Waals surface area contributed by atoms with Gasteiger partial charge in [-0.1, -0.05) is 18.2 Å². The van der Waals surface area contributed by atoms with Crippen molar-refractivity contribution in [1.29, 1.82) is 0 Å². The zero-order chi connectivity index (χ0) is 20.9. The Kier molecular flexibility index (Phi) is 4.41. The molecule has 4 aromatic rings. The van der Waals surface area contributed by atoms with E-state index in [2.05, 4.69) is 10.3 Å². The fourth-order valence-corrected chi connectivity index (χ4v) is 4.75. The van der Waals surface area contributed by atoms with Crippen LogP contribution in [-0.4, -0.2) is 26.0 Å². The number of pyridine rings is 1. The second-order valence-corrected chi connectivity index (χ2v) is 9.04. The minimum absolute atomic E-state index is 0.100. The van der Waals surface area contributed by atoms with Crippen LogP contribution >= 0.6 is 11.3 Å². The number of nitrogens with one attached hydrogen (secondary N) is 1. The number of aromatic nitrogens is 3. The average molecular weight is 420 g/mol. The number of anilines is 1. The summed E-state index contributed by atoms with van der Waals surface area (Å²) in [5, 5.41) is 3.64. The molecule has 30 heavy (non-hydrogen) atoms. The van der Waals surface area contributed by atoms with Crippen LogP contribution in [0.25, 0.3) is 20.4 Å². The quantitative estimate of drug-likeness (QED) is 0.548. The Balaban J connectivity index is 1.50. The first kappa shape index (κ1) is 18.9. The molecule has 0 spiro atoms. The minimum atomic E-state index is -0.279. The molecule has 0 saturated heterocycles. The standard InChI is InChI=1S/C22H20N4O3S/c1-22(2)9-16-13(11-29-22)8-15-18-19(30-20(15)25-16)21(28)26(12-23-18)10-17(27)24-14-6-4-3-5-7-14/h3-8,12H,9-11H2,1-2H3,(H,24,27). The van der Waals surface area contributed by atoms with Gasteiger partial charge in [0.2, 0.25) is 5.91 Å². The SMILES string of the molecule is CC1(C)Cc2nc3sc4c(=O)n(CC(=O)Nc5ccccc5)cnc4c3cc2CO1. The van der Waals surface area contributed by atoms with E-state index in [1.54, 1.807) is 12.1 Å². The summed E-state index contributed by atoms with van der Waals surface area (Å²) in [7, 11) is 0. The van der Waals surface area contributed by atoms with Crippen molar-refractivity contribution in [3.63, 3.8) is 0 Å². The average Bonchev–Trinajstić information content (AvgIpc) is 3.07. The third-order valence-electron chi connectivity index (χ3n) is 5.19. The number of carbonyl (C=O) groups is 1. The zero-order valence-corrected chi connectivity index (χ0v) is 17.5. The molecule has 8 heteroatoms. The molecule has 0 saturated carbocycles. The minimum Gasteiger partial charge on any atom is -0.370 e. The van der Waals surface area contributed by atoms with Crippen molar-refractivity contribution >= 4 is 43.4 Å². The fraction of sp³-hybridized carbons (Fsp3) is 0.273. The molecule has 4 heterocycles. The molecule has 0 bridgehead atoms. The van der Waals surface area contributed by atoms with E-state index in [0.29, 0.717) is 22.5 Å². The smallest absolute Gasteiger partial charge is 0.271 e. The number of para-hydroxylation sites is 1. The number of benzene rings is 1. The second-order valence-electron chi connectivity index (χ2n) is 8.04. The number of fused-ring (bicyclic) bond motifs is 4. The van der Waals surface area contributed by atoms with Gasteiger partial charge in [0.05, 0.1) is 29.7 Å². The topological polar surface area (TPSA) is 86.1 Å². The maximum atomic E-state index is 13.0. The molecule has 1 N–H and O–H groups in total. The van der Waals surface area contributed by atoms with E-state index in [0.717, 1.165) is 27.9 Å². The molecule has 0 atom stereocenters. The van der Waals surface area contributed by atoms with Gasteiger partial charge in [-0.2, -0.15) is 0 Å². The summed E-state index contributed by atoms with van der Waals surface area (Å²) in [5.41, 5.74) is 2.87. The van der Waals surface area contributed by atoms with Gasteiger partial charge >= 0.3 is 0 Å². The Morgan fingerprint density at radius 3 is 2.90 bits per heavy atom. The maximum absolute atomic E-state index is 13.0. The van der Waals surface area contributed by atoms with Crippen LogP contribution in [-0.2, 0) is 29.1 Å². The van der Waals surface area contributed by atoms with E-state index >= 15 is 0 Å². The molecule has 1 amide bonds. The van der Waals surface area contributed by atoms with Gasteiger partial charge in [0, 0.05) is 23.1 Å². The number of hydrogen-bond acceptors (Lipinski definition) is 6. The van der Waals surface area contributed by atoms with Crippen LogP contribution in [0.5, 0.6) is 0 Å². The summed E-state index contributed by atoms with van der Waals surface area (Å²) in [5.74, 6) is -0.279. The second kappa shape index (κ2) is 7.00. The lowest BCUT2D eigenvalue weighted by Gasteiger charge is -2.30. The van der Waals surface area contributed by atoms with Crippen molar-refractivity contribution < 1.29 is 9.53 Å². The molecular formula is C22H20N4O3S. The van der Waals surface area contributed by atoms with Crippen molar-refractivity contribution in [3.8, 4) is 0 Å². The molecule has 0 unspecified atom stereocenters. The first-order valence-corrected chi connectivity index (χ1v) is 10.5. The van der Waals surface area contributed by atoms with Crippen LogP contribution in [0.1, 0.15) is 25.1 Å². The molecule has 0 aliphatic carbocycles. The highest BCUT2D eigenvalue weighted by Gasteiger charge is 2.28. The van der Waals surface area contributed by atoms with Crippen molar-refractivity contribution in [1.82, 2.24) is 14.5 Å². The lowest BCUT2D eigenvalue weighted by molar-refractivity contribution is -0.116. The highest BCUT2D eigenvalue weighted by atomic mass is 32.1. The van der Waals surface area contributed by atoms with Gasteiger partial charge in [-0.15, -0.1) is 11.3 Å². The van der Waals surface area contributed by atoms with E-state index in [4.69, 9.17) is 9.72 Å². The number of hydrogen-bond donors (Lipinski definition) is 1. The van der Waals surface area contributed by atoms with Crippen LogP contribution in [0.4, 0.5) is 5.69 Å². The van der Waals surface area contributed by atoms with E-state index in [9.17, 15) is 9.59 Å². The van der Waals surface area contributed by atoms with Crippen molar-refractivity contribution in [2.45, 2.75) is 39.0 Å². The van der Waals surface area contributed by atoms with Gasteiger partial charge in [0.15, 0.2) is 0 Å². The predicted molar refractivity (Wildman–Crippen MR) is 117 cm³/mol. The van der Waals surface area contributed by atoms with E-state index in [1.165, 1.54) is 22.2 Å². The Morgan fingerprint density at radius 2 is 2.10 bits per heavy atom. The number of amides is 1. The lowest BCUT2D eigenvalue weighted by Crippen LogP contribution is -2.32. The largest absolute Gasteiger partial charge is 0.370 e. The number of ether oxygens (including phenoxy) is 1. The van der Waals surface area contributed by atoms with Crippen molar-refractivity contribution in [3.05, 3.63) is 64.3 Å². The maximum Gasteiger partial charge on any atom is 0.271 e. The van der Waals surface area contributed by atoms with Crippen molar-refractivity contribution in [2.24, 2.45) is 0 Å². The molecule has 1 aliphatic heterocycles. The Labute approximate surface area is 176 Å². The number of rotatable bonds is 3. The Bertz CT molecular complexity index is 1340. The van der Waals surface area contributed by atoms with Gasteiger partial charge in [-0.25, -0.2) is 9.97 Å². The third-order valence-corrected chi connectivity index (χ3v) is 6.27. The highest BCUT2D eigenvalue weighted by Crippen LogP contribution is 2.34. The molecule has 0 fully saturated rings. The Hall–Kier alpha value is -3.10. The van der Waals surface area contributed by atoms with Gasteiger partial charge in [0.25, 0.3) is 5.56 Å². The summed E-state index contributed by atoms with van der Waals surface area (Å²) in [6, 6.07) is 11.2. The first-order chi connectivity index (χ1) is 14.4. The lowest BCUT2D eigenvalue weighted by atomic mass is 9.95. The number of nitrogens with zero attached hydrogens (tertiary/aromatic N) is 3. The van der Waals surface area contributed by atoms with Crippen LogP contribution in [0.3, 0.4) is 0 Å². The summed E-state index contributed by atoms with van der Waals surface area (Å²) >= 11 is 1.33. The normalized spacial score (nSPS) is 15.3. The monoisotopic (exact) mass is 420 g/mol. The molecule has 0 radical (unpaired) electrons. The van der Waals surface area contributed by atoms with Gasteiger partial charge in [-0.05, 0) is 32.0 Å². The van der Waals surface area contributed by atoms with Gasteiger partial charge < -0.3 is 10.1 Å². The molecule has 152 valence electrons. The molecule has 1 aliphatic rings. The molecule has 5 rings (SSSR count). The van der Waals surface area contributed by atoms with Crippen molar-refractivity contribution in [2.75, 3.05) is 5.32 Å². The summed E-state index contributed by atoms with van der Waals surface area (Å²) in [4.78, 5) is 35.4. The highest BCUT2D eigenvalue weighted by molar-refractivity contribution is 7.25. The fourth-order valence-electron chi connectivity index (χ4n) is 3.67.